The first-order valence-electron chi connectivity index (χ1n) is 3.65. The maximum absolute atomic E-state index is 11.1. The molecule has 64 valence electrons. The van der Waals surface area contributed by atoms with Gasteiger partial charge in [-0.25, -0.2) is 0 Å². The van der Waals surface area contributed by atoms with Crippen LogP contribution in [0.1, 0.15) is 33.6 Å². The fraction of sp³-hybridized carbons (Fsp3) is 0.750. The Morgan fingerprint density at radius 3 is 2.09 bits per heavy atom. The van der Waals surface area contributed by atoms with E-state index in [2.05, 4.69) is 0 Å². The number of carbonyl (C=O) groups is 2. The number of carboxylic acid groups (broad SMARTS) is 1. The van der Waals surface area contributed by atoms with Crippen LogP contribution in [0.5, 0.6) is 0 Å². The molecule has 0 fully saturated rings. The maximum Gasteiger partial charge on any atom is 0.304 e. The Kier molecular flexibility index (Phi) is 3.23. The maximum atomic E-state index is 11.1. The van der Waals surface area contributed by atoms with Crippen molar-refractivity contribution in [2.24, 2.45) is 5.41 Å². The zero-order valence-electron chi connectivity index (χ0n) is 7.18. The first kappa shape index (κ1) is 10.1. The lowest BCUT2D eigenvalue weighted by Crippen LogP contribution is -2.26. The molecule has 0 rings (SSSR count). The molecule has 0 aromatic carbocycles. The van der Waals surface area contributed by atoms with Crippen LogP contribution in [0.3, 0.4) is 0 Å². The number of hydrogen-bond acceptors (Lipinski definition) is 2. The van der Waals surface area contributed by atoms with E-state index in [-0.39, 0.29) is 12.2 Å². The molecule has 0 aliphatic carbocycles. The lowest BCUT2D eigenvalue weighted by Gasteiger charge is -2.19. The van der Waals surface area contributed by atoms with Crippen molar-refractivity contribution in [3.63, 3.8) is 0 Å². The number of carbonyl (C=O) groups excluding carboxylic acids is 1. The third-order valence-corrected chi connectivity index (χ3v) is 1.67. The summed E-state index contributed by atoms with van der Waals surface area (Å²) in [7, 11) is 0. The van der Waals surface area contributed by atoms with Gasteiger partial charge in [-0.2, -0.15) is 0 Å². The van der Waals surface area contributed by atoms with Crippen LogP contribution in [-0.4, -0.2) is 16.9 Å². The molecule has 0 saturated carbocycles. The Morgan fingerprint density at radius 1 is 1.36 bits per heavy atom. The number of ketones is 1. The SMILES string of the molecule is CCC(=O)C(C)(C)CC(=O)O. The molecule has 0 saturated heterocycles. The molecule has 0 radical (unpaired) electrons. The van der Waals surface area contributed by atoms with Gasteiger partial charge in [0.05, 0.1) is 6.42 Å². The Hall–Kier alpha value is -0.860. The van der Waals surface area contributed by atoms with Crippen molar-refractivity contribution < 1.29 is 14.7 Å². The Bertz CT molecular complexity index is 170. The summed E-state index contributed by atoms with van der Waals surface area (Å²) in [5, 5.41) is 8.44. The number of rotatable bonds is 4. The fourth-order valence-corrected chi connectivity index (χ4v) is 0.955. The second kappa shape index (κ2) is 3.51. The first-order valence-corrected chi connectivity index (χ1v) is 3.65. The summed E-state index contributed by atoms with van der Waals surface area (Å²) in [6, 6.07) is 0. The monoisotopic (exact) mass is 158 g/mol. The minimum absolute atomic E-state index is 0.0000926. The van der Waals surface area contributed by atoms with Gasteiger partial charge in [-0.15, -0.1) is 0 Å². The summed E-state index contributed by atoms with van der Waals surface area (Å²) in [4.78, 5) is 21.4. The molecule has 0 aromatic rings. The quantitative estimate of drug-likeness (QED) is 0.674. The summed E-state index contributed by atoms with van der Waals surface area (Å²) in [6.45, 7) is 5.06. The smallest absolute Gasteiger partial charge is 0.304 e. The van der Waals surface area contributed by atoms with E-state index in [0.29, 0.717) is 6.42 Å². The number of Topliss-reactive ketones (excluding diaryl/α,β-unsaturated/α-hetero) is 1. The summed E-state index contributed by atoms with van der Waals surface area (Å²) in [5.41, 5.74) is -0.708. The van der Waals surface area contributed by atoms with Gasteiger partial charge >= 0.3 is 5.97 Å². The minimum Gasteiger partial charge on any atom is -0.481 e. The van der Waals surface area contributed by atoms with E-state index in [9.17, 15) is 9.59 Å². The van der Waals surface area contributed by atoms with Gasteiger partial charge in [0.15, 0.2) is 0 Å². The third-order valence-electron chi connectivity index (χ3n) is 1.67. The standard InChI is InChI=1S/C8H14O3/c1-4-6(9)8(2,3)5-7(10)11/h4-5H2,1-3H3,(H,10,11). The van der Waals surface area contributed by atoms with Crippen molar-refractivity contribution in [3.8, 4) is 0 Å². The fourth-order valence-electron chi connectivity index (χ4n) is 0.955. The molecule has 0 aromatic heterocycles. The van der Waals surface area contributed by atoms with E-state index in [1.165, 1.54) is 0 Å². The lowest BCUT2D eigenvalue weighted by atomic mass is 9.83. The van der Waals surface area contributed by atoms with Crippen LogP contribution >= 0.6 is 0 Å². The van der Waals surface area contributed by atoms with E-state index >= 15 is 0 Å². The molecular formula is C8H14O3. The van der Waals surface area contributed by atoms with Gasteiger partial charge in [-0.1, -0.05) is 20.8 Å². The summed E-state index contributed by atoms with van der Waals surface area (Å²) < 4.78 is 0. The van der Waals surface area contributed by atoms with Crippen molar-refractivity contribution in [3.05, 3.63) is 0 Å². The normalized spacial score (nSPS) is 11.2. The average Bonchev–Trinajstić information content (AvgIpc) is 1.83. The van der Waals surface area contributed by atoms with Crippen molar-refractivity contribution >= 4 is 11.8 Å². The molecule has 11 heavy (non-hydrogen) atoms. The molecule has 0 bridgehead atoms. The van der Waals surface area contributed by atoms with E-state index in [1.54, 1.807) is 20.8 Å². The minimum atomic E-state index is -0.920. The molecule has 0 aliphatic rings. The van der Waals surface area contributed by atoms with Crippen molar-refractivity contribution in [1.29, 1.82) is 0 Å². The van der Waals surface area contributed by atoms with E-state index in [0.717, 1.165) is 0 Å². The molecule has 3 heteroatoms. The molecule has 3 nitrogen and oxygen atoms in total. The van der Waals surface area contributed by atoms with Crippen LogP contribution in [0.4, 0.5) is 0 Å². The molecule has 0 unspecified atom stereocenters. The van der Waals surface area contributed by atoms with Gasteiger partial charge < -0.3 is 5.11 Å². The van der Waals surface area contributed by atoms with E-state index in [1.807, 2.05) is 0 Å². The van der Waals surface area contributed by atoms with Crippen molar-refractivity contribution in [2.45, 2.75) is 33.6 Å². The second-order valence-electron chi connectivity index (χ2n) is 3.23. The van der Waals surface area contributed by atoms with Crippen LogP contribution in [0.25, 0.3) is 0 Å². The van der Waals surface area contributed by atoms with Crippen LogP contribution in [0, 0.1) is 5.41 Å². The zero-order valence-corrected chi connectivity index (χ0v) is 7.18. The predicted molar refractivity (Wildman–Crippen MR) is 41.3 cm³/mol. The van der Waals surface area contributed by atoms with Gasteiger partial charge in [0.25, 0.3) is 0 Å². The summed E-state index contributed by atoms with van der Waals surface area (Å²) in [6.07, 6.45) is 0.319. The van der Waals surface area contributed by atoms with Gasteiger partial charge in [0.2, 0.25) is 0 Å². The molecular weight excluding hydrogens is 144 g/mol. The molecule has 0 heterocycles. The lowest BCUT2D eigenvalue weighted by molar-refractivity contribution is -0.143. The van der Waals surface area contributed by atoms with Crippen LogP contribution in [-0.2, 0) is 9.59 Å². The number of carboxylic acids is 1. The van der Waals surface area contributed by atoms with Gasteiger partial charge in [-0.05, 0) is 0 Å². The van der Waals surface area contributed by atoms with Gasteiger partial charge in [0.1, 0.15) is 5.78 Å². The second-order valence-corrected chi connectivity index (χ2v) is 3.23. The van der Waals surface area contributed by atoms with Gasteiger partial charge in [-0.3, -0.25) is 9.59 Å². The van der Waals surface area contributed by atoms with E-state index in [4.69, 9.17) is 5.11 Å². The summed E-state index contributed by atoms with van der Waals surface area (Å²) in [5.74, 6) is -0.920. The topological polar surface area (TPSA) is 54.4 Å². The highest BCUT2D eigenvalue weighted by atomic mass is 16.4. The highest BCUT2D eigenvalue weighted by Crippen LogP contribution is 2.22. The van der Waals surface area contributed by atoms with Gasteiger partial charge in [0, 0.05) is 11.8 Å². The predicted octanol–water partition coefficient (Wildman–Crippen LogP) is 1.47. The average molecular weight is 158 g/mol. The van der Waals surface area contributed by atoms with Crippen molar-refractivity contribution in [2.75, 3.05) is 0 Å². The number of aliphatic carboxylic acids is 1. The van der Waals surface area contributed by atoms with Crippen LogP contribution in [0.15, 0.2) is 0 Å². The zero-order chi connectivity index (χ0) is 9.07. The molecule has 0 atom stereocenters. The molecule has 0 amide bonds. The first-order chi connectivity index (χ1) is 4.90. The third kappa shape index (κ3) is 3.16. The molecule has 0 spiro atoms. The van der Waals surface area contributed by atoms with Crippen LogP contribution in [0.2, 0.25) is 0 Å². The molecule has 0 aliphatic heterocycles. The Balaban J connectivity index is 4.21. The highest BCUT2D eigenvalue weighted by molar-refractivity contribution is 5.87. The van der Waals surface area contributed by atoms with Crippen LogP contribution < -0.4 is 0 Å². The Morgan fingerprint density at radius 2 is 1.82 bits per heavy atom. The molecule has 1 N–H and O–H groups in total. The van der Waals surface area contributed by atoms with E-state index < -0.39 is 11.4 Å². The van der Waals surface area contributed by atoms with Crippen molar-refractivity contribution in [1.82, 2.24) is 0 Å². The number of hydrogen-bond donors (Lipinski definition) is 1. The largest absolute Gasteiger partial charge is 0.481 e. The summed E-state index contributed by atoms with van der Waals surface area (Å²) >= 11 is 0. The Labute approximate surface area is 66.4 Å². The highest BCUT2D eigenvalue weighted by Gasteiger charge is 2.28.